The Morgan fingerprint density at radius 3 is 1.92 bits per heavy atom. The molecule has 140 valence electrons. The van der Waals surface area contributed by atoms with Crippen LogP contribution in [0.2, 0.25) is 0 Å². The maximum Gasteiger partial charge on any atom is 0.310 e. The topological polar surface area (TPSA) is 78.9 Å². The summed E-state index contributed by atoms with van der Waals surface area (Å²) in [6, 6.07) is 0. The molecule has 1 unspecified atom stereocenters. The summed E-state index contributed by atoms with van der Waals surface area (Å²) >= 11 is 0. The lowest BCUT2D eigenvalue weighted by Crippen LogP contribution is -2.31. The molecular weight excluding hydrogens is 312 g/mol. The highest BCUT2D eigenvalue weighted by Crippen LogP contribution is 2.12. The lowest BCUT2D eigenvalue weighted by molar-refractivity contribution is -0.167. The number of hydrogen-bond acceptors (Lipinski definition) is 6. The van der Waals surface area contributed by atoms with Crippen molar-refractivity contribution >= 4 is 17.9 Å². The largest absolute Gasteiger partial charge is 0.462 e. The molecule has 0 radical (unpaired) electrons. The maximum atomic E-state index is 11.9. The zero-order valence-electron chi connectivity index (χ0n) is 15.7. The first-order valence-electron chi connectivity index (χ1n) is 8.74. The molecular formula is C18H32O6. The zero-order chi connectivity index (χ0) is 18.6. The molecule has 0 aromatic heterocycles. The third-order valence-electron chi connectivity index (χ3n) is 3.01. The molecule has 0 heterocycles. The van der Waals surface area contributed by atoms with Gasteiger partial charge in [-0.05, 0) is 33.6 Å². The van der Waals surface area contributed by atoms with Crippen LogP contribution in [-0.2, 0) is 28.6 Å². The van der Waals surface area contributed by atoms with Gasteiger partial charge in [-0.3, -0.25) is 14.4 Å². The second-order valence-electron chi connectivity index (χ2n) is 6.79. The summed E-state index contributed by atoms with van der Waals surface area (Å²) in [5.41, 5.74) is -0.619. The van der Waals surface area contributed by atoms with Gasteiger partial charge in [0.1, 0.15) is 18.3 Å². The fraction of sp³-hybridized carbons (Fsp3) is 0.833. The first-order valence-corrected chi connectivity index (χ1v) is 8.74. The number of esters is 3. The first-order chi connectivity index (χ1) is 11.2. The molecule has 0 saturated heterocycles. The summed E-state index contributed by atoms with van der Waals surface area (Å²) in [7, 11) is 0. The Morgan fingerprint density at radius 2 is 1.42 bits per heavy atom. The molecule has 0 aliphatic rings. The molecule has 6 nitrogen and oxygen atoms in total. The third kappa shape index (κ3) is 12.9. The van der Waals surface area contributed by atoms with Crippen LogP contribution in [0.5, 0.6) is 0 Å². The molecule has 0 saturated carbocycles. The number of carbonyl (C=O) groups is 3. The molecule has 0 aliphatic heterocycles. The van der Waals surface area contributed by atoms with E-state index in [2.05, 4.69) is 0 Å². The van der Waals surface area contributed by atoms with Gasteiger partial charge < -0.3 is 14.2 Å². The lowest BCUT2D eigenvalue weighted by Gasteiger charge is -2.22. The fourth-order valence-electron chi connectivity index (χ4n) is 1.85. The van der Waals surface area contributed by atoms with E-state index >= 15 is 0 Å². The number of rotatable bonds is 11. The maximum absolute atomic E-state index is 11.9. The number of unbranched alkanes of at least 4 members (excludes halogenated alkanes) is 2. The normalized spacial score (nSPS) is 12.4. The smallest absolute Gasteiger partial charge is 0.310 e. The van der Waals surface area contributed by atoms with Gasteiger partial charge >= 0.3 is 17.9 Å². The van der Waals surface area contributed by atoms with E-state index in [1.54, 1.807) is 20.8 Å². The highest BCUT2D eigenvalue weighted by atomic mass is 16.6. The Kier molecular flexibility index (Phi) is 11.1. The Bertz CT molecular complexity index is 397. The van der Waals surface area contributed by atoms with Gasteiger partial charge in [-0.2, -0.15) is 0 Å². The van der Waals surface area contributed by atoms with E-state index < -0.39 is 23.6 Å². The van der Waals surface area contributed by atoms with Crippen LogP contribution in [0, 0.1) is 0 Å². The molecule has 24 heavy (non-hydrogen) atoms. The summed E-state index contributed by atoms with van der Waals surface area (Å²) in [5, 5.41) is 0. The second kappa shape index (κ2) is 11.9. The molecule has 0 N–H and O–H groups in total. The molecule has 1 atom stereocenters. The van der Waals surface area contributed by atoms with Crippen molar-refractivity contribution in [2.75, 3.05) is 6.61 Å². The molecule has 0 aromatic rings. The number of hydrogen-bond donors (Lipinski definition) is 0. The van der Waals surface area contributed by atoms with Crippen LogP contribution in [0.15, 0.2) is 0 Å². The molecule has 0 fully saturated rings. The predicted molar refractivity (Wildman–Crippen MR) is 90.4 cm³/mol. The van der Waals surface area contributed by atoms with Crippen molar-refractivity contribution in [2.24, 2.45) is 0 Å². The fourth-order valence-corrected chi connectivity index (χ4v) is 1.85. The van der Waals surface area contributed by atoms with E-state index in [-0.39, 0.29) is 25.4 Å². The standard InChI is InChI=1S/C18H32O6/c1-6-8-10-15(19)22-13-14(23-16(20)11-9-7-2)12-17(21)24-18(3,4)5/h14H,6-13H2,1-5H3. The monoisotopic (exact) mass is 344 g/mol. The van der Waals surface area contributed by atoms with Crippen molar-refractivity contribution in [1.29, 1.82) is 0 Å². The van der Waals surface area contributed by atoms with Crippen LogP contribution in [0.1, 0.15) is 79.6 Å². The van der Waals surface area contributed by atoms with Crippen molar-refractivity contribution in [3.63, 3.8) is 0 Å². The summed E-state index contributed by atoms with van der Waals surface area (Å²) in [6.45, 7) is 9.11. The Labute approximate surface area is 145 Å². The van der Waals surface area contributed by atoms with Gasteiger partial charge in [0, 0.05) is 12.8 Å². The van der Waals surface area contributed by atoms with Gasteiger partial charge in [-0.15, -0.1) is 0 Å². The van der Waals surface area contributed by atoms with Gasteiger partial charge in [-0.1, -0.05) is 26.7 Å². The van der Waals surface area contributed by atoms with E-state index in [0.717, 1.165) is 19.3 Å². The van der Waals surface area contributed by atoms with Crippen LogP contribution in [0.4, 0.5) is 0 Å². The zero-order valence-corrected chi connectivity index (χ0v) is 15.7. The van der Waals surface area contributed by atoms with Crippen molar-refractivity contribution in [2.45, 2.75) is 91.3 Å². The van der Waals surface area contributed by atoms with Crippen molar-refractivity contribution in [3.8, 4) is 0 Å². The van der Waals surface area contributed by atoms with Crippen LogP contribution in [0.25, 0.3) is 0 Å². The first kappa shape index (κ1) is 22.4. The minimum absolute atomic E-state index is 0.125. The van der Waals surface area contributed by atoms with Crippen LogP contribution in [0.3, 0.4) is 0 Å². The van der Waals surface area contributed by atoms with Gasteiger partial charge in [0.15, 0.2) is 0 Å². The lowest BCUT2D eigenvalue weighted by atomic mass is 10.2. The number of ether oxygens (including phenoxy) is 3. The second-order valence-corrected chi connectivity index (χ2v) is 6.79. The SMILES string of the molecule is CCCCC(=O)OCC(CC(=O)OC(C)(C)C)OC(=O)CCCC. The van der Waals surface area contributed by atoms with Gasteiger partial charge in [0.05, 0.1) is 6.42 Å². The van der Waals surface area contributed by atoms with E-state index in [4.69, 9.17) is 14.2 Å². The summed E-state index contributed by atoms with van der Waals surface area (Å²) in [5.74, 6) is -1.23. The molecule has 0 bridgehead atoms. The van der Waals surface area contributed by atoms with Crippen molar-refractivity contribution in [1.82, 2.24) is 0 Å². The molecule has 0 spiro atoms. The average Bonchev–Trinajstić information content (AvgIpc) is 2.46. The quantitative estimate of drug-likeness (QED) is 0.421. The summed E-state index contributed by atoms with van der Waals surface area (Å²) in [4.78, 5) is 35.3. The van der Waals surface area contributed by atoms with E-state index in [0.29, 0.717) is 12.8 Å². The average molecular weight is 344 g/mol. The van der Waals surface area contributed by atoms with E-state index in [9.17, 15) is 14.4 Å². The van der Waals surface area contributed by atoms with Crippen LogP contribution in [-0.4, -0.2) is 36.2 Å². The molecule has 0 aliphatic carbocycles. The highest BCUT2D eigenvalue weighted by Gasteiger charge is 2.24. The minimum atomic E-state index is -0.810. The van der Waals surface area contributed by atoms with Gasteiger partial charge in [0.2, 0.25) is 0 Å². The summed E-state index contributed by atoms with van der Waals surface area (Å²) in [6.07, 6.45) is 2.89. The highest BCUT2D eigenvalue weighted by molar-refractivity contribution is 5.73. The molecule has 6 heteroatoms. The predicted octanol–water partition coefficient (Wildman–Crippen LogP) is 3.55. The van der Waals surface area contributed by atoms with Gasteiger partial charge in [0.25, 0.3) is 0 Å². The number of carbonyl (C=O) groups excluding carboxylic acids is 3. The van der Waals surface area contributed by atoms with Crippen LogP contribution >= 0.6 is 0 Å². The Hall–Kier alpha value is -1.59. The van der Waals surface area contributed by atoms with Crippen molar-refractivity contribution in [3.05, 3.63) is 0 Å². The summed E-state index contributed by atoms with van der Waals surface area (Å²) < 4.78 is 15.6. The van der Waals surface area contributed by atoms with Crippen molar-refractivity contribution < 1.29 is 28.6 Å². The molecule has 0 rings (SSSR count). The molecule has 0 aromatic carbocycles. The van der Waals surface area contributed by atoms with Crippen LogP contribution < -0.4 is 0 Å². The van der Waals surface area contributed by atoms with E-state index in [1.807, 2.05) is 13.8 Å². The Balaban J connectivity index is 4.55. The van der Waals surface area contributed by atoms with Gasteiger partial charge in [-0.25, -0.2) is 0 Å². The van der Waals surface area contributed by atoms with E-state index in [1.165, 1.54) is 0 Å². The molecule has 0 amide bonds. The minimum Gasteiger partial charge on any atom is -0.462 e. The Morgan fingerprint density at radius 1 is 0.875 bits per heavy atom. The third-order valence-corrected chi connectivity index (χ3v) is 3.01.